The molecule has 3 heterocycles. The molecule has 0 spiro atoms. The van der Waals surface area contributed by atoms with E-state index >= 15 is 0 Å². The molecule has 1 aliphatic heterocycles. The summed E-state index contributed by atoms with van der Waals surface area (Å²) in [6.45, 7) is 1.85. The van der Waals surface area contributed by atoms with Crippen LogP contribution in [0.4, 0.5) is 10.5 Å². The first-order valence-corrected chi connectivity index (χ1v) is 6.70. The van der Waals surface area contributed by atoms with E-state index < -0.39 is 0 Å². The number of aromatic nitrogens is 1. The molecule has 0 bridgehead atoms. The van der Waals surface area contributed by atoms with Gasteiger partial charge in [-0.25, -0.2) is 4.79 Å². The van der Waals surface area contributed by atoms with Crippen molar-refractivity contribution in [1.82, 2.24) is 15.2 Å². The zero-order chi connectivity index (χ0) is 14.5. The Morgan fingerprint density at radius 1 is 1.52 bits per heavy atom. The molecule has 2 amide bonds. The standard InChI is InChI=1S/C14H16N4O3/c19-14(17-11-2-1-4-15-8-11)18-6-5-16-9-13(18)21-12-3-7-20-10-12/h1-4,7-8,10,13,16H,5-6,9H2,(H,17,19). The minimum absolute atomic E-state index is 0.210. The van der Waals surface area contributed by atoms with Crippen LogP contribution in [0, 0.1) is 0 Å². The van der Waals surface area contributed by atoms with Gasteiger partial charge in [0.1, 0.15) is 6.26 Å². The Morgan fingerprint density at radius 2 is 2.48 bits per heavy atom. The van der Waals surface area contributed by atoms with Crippen molar-refractivity contribution in [1.29, 1.82) is 0 Å². The molecule has 0 saturated carbocycles. The van der Waals surface area contributed by atoms with Crippen LogP contribution < -0.4 is 15.4 Å². The first-order chi connectivity index (χ1) is 10.3. The molecule has 1 saturated heterocycles. The number of nitrogens with zero attached hydrogens (tertiary/aromatic N) is 2. The molecular weight excluding hydrogens is 272 g/mol. The van der Waals surface area contributed by atoms with Gasteiger partial charge in [-0.05, 0) is 12.1 Å². The van der Waals surface area contributed by atoms with E-state index in [-0.39, 0.29) is 12.3 Å². The lowest BCUT2D eigenvalue weighted by Crippen LogP contribution is -2.57. The number of urea groups is 1. The average Bonchev–Trinajstić information content (AvgIpc) is 3.02. The van der Waals surface area contributed by atoms with Gasteiger partial charge in [0, 0.05) is 25.4 Å². The molecule has 2 N–H and O–H groups in total. The lowest BCUT2D eigenvalue weighted by atomic mass is 10.3. The van der Waals surface area contributed by atoms with Crippen molar-refractivity contribution < 1.29 is 13.9 Å². The van der Waals surface area contributed by atoms with Crippen LogP contribution >= 0.6 is 0 Å². The zero-order valence-electron chi connectivity index (χ0n) is 11.4. The van der Waals surface area contributed by atoms with Gasteiger partial charge in [-0.15, -0.1) is 0 Å². The molecule has 1 aliphatic rings. The number of nitrogens with one attached hydrogen (secondary N) is 2. The van der Waals surface area contributed by atoms with Crippen molar-refractivity contribution in [3.63, 3.8) is 0 Å². The Bertz CT molecular complexity index is 573. The number of hydrogen-bond acceptors (Lipinski definition) is 5. The maximum absolute atomic E-state index is 12.4. The highest BCUT2D eigenvalue weighted by Crippen LogP contribution is 2.16. The molecule has 21 heavy (non-hydrogen) atoms. The Balaban J connectivity index is 1.67. The van der Waals surface area contributed by atoms with Gasteiger partial charge < -0.3 is 19.8 Å². The van der Waals surface area contributed by atoms with E-state index in [4.69, 9.17) is 9.15 Å². The molecule has 7 nitrogen and oxygen atoms in total. The molecule has 1 atom stereocenters. The largest absolute Gasteiger partial charge is 0.469 e. The van der Waals surface area contributed by atoms with Gasteiger partial charge in [0.05, 0.1) is 24.7 Å². The van der Waals surface area contributed by atoms with Crippen molar-refractivity contribution in [3.05, 3.63) is 43.1 Å². The fourth-order valence-electron chi connectivity index (χ4n) is 2.12. The van der Waals surface area contributed by atoms with Crippen LogP contribution in [0.25, 0.3) is 0 Å². The summed E-state index contributed by atoms with van der Waals surface area (Å²) < 4.78 is 10.7. The van der Waals surface area contributed by atoms with E-state index in [2.05, 4.69) is 15.6 Å². The van der Waals surface area contributed by atoms with Gasteiger partial charge in [-0.1, -0.05) is 0 Å². The summed E-state index contributed by atoms with van der Waals surface area (Å²) >= 11 is 0. The van der Waals surface area contributed by atoms with E-state index in [1.807, 2.05) is 0 Å². The number of carbonyl (C=O) groups excluding carboxylic acids is 1. The smallest absolute Gasteiger partial charge is 0.324 e. The Kier molecular flexibility index (Phi) is 4.02. The number of furan rings is 1. The maximum Gasteiger partial charge on any atom is 0.324 e. The first kappa shape index (κ1) is 13.4. The number of ether oxygens (including phenoxy) is 1. The van der Waals surface area contributed by atoms with Crippen LogP contribution in [0.5, 0.6) is 5.75 Å². The molecule has 0 aliphatic carbocycles. The van der Waals surface area contributed by atoms with Crippen LogP contribution in [0.3, 0.4) is 0 Å². The second-order valence-corrected chi connectivity index (χ2v) is 4.60. The summed E-state index contributed by atoms with van der Waals surface area (Å²) in [4.78, 5) is 18.0. The van der Waals surface area contributed by atoms with Gasteiger partial charge in [0.2, 0.25) is 0 Å². The number of hydrogen-bond donors (Lipinski definition) is 2. The predicted octanol–water partition coefficient (Wildman–Crippen LogP) is 1.52. The Morgan fingerprint density at radius 3 is 3.24 bits per heavy atom. The zero-order valence-corrected chi connectivity index (χ0v) is 11.4. The second kappa shape index (κ2) is 6.27. The molecule has 2 aromatic heterocycles. The molecule has 7 heteroatoms. The van der Waals surface area contributed by atoms with Crippen LogP contribution in [0.1, 0.15) is 0 Å². The van der Waals surface area contributed by atoms with E-state index in [0.29, 0.717) is 24.5 Å². The molecule has 2 aromatic rings. The molecule has 3 rings (SSSR count). The topological polar surface area (TPSA) is 79.6 Å². The number of rotatable bonds is 3. The number of piperazine rings is 1. The third kappa shape index (κ3) is 3.32. The molecule has 0 aromatic carbocycles. The van der Waals surface area contributed by atoms with E-state index in [1.54, 1.807) is 35.5 Å². The SMILES string of the molecule is O=C(Nc1cccnc1)N1CCNCC1Oc1ccoc1. The van der Waals surface area contributed by atoms with Crippen LogP contribution in [0.2, 0.25) is 0 Å². The highest BCUT2D eigenvalue weighted by Gasteiger charge is 2.28. The Labute approximate surface area is 121 Å². The summed E-state index contributed by atoms with van der Waals surface area (Å²) in [6, 6.07) is 5.07. The van der Waals surface area contributed by atoms with Crippen molar-refractivity contribution in [2.75, 3.05) is 25.0 Å². The molecule has 110 valence electrons. The van der Waals surface area contributed by atoms with Crippen molar-refractivity contribution in [2.24, 2.45) is 0 Å². The Hall–Kier alpha value is -2.54. The van der Waals surface area contributed by atoms with Crippen molar-refractivity contribution in [3.8, 4) is 5.75 Å². The van der Waals surface area contributed by atoms with Gasteiger partial charge in [-0.2, -0.15) is 0 Å². The highest BCUT2D eigenvalue weighted by atomic mass is 16.5. The molecular formula is C14H16N4O3. The molecule has 0 radical (unpaired) electrons. The van der Waals surface area contributed by atoms with Gasteiger partial charge in [0.25, 0.3) is 0 Å². The summed E-state index contributed by atoms with van der Waals surface area (Å²) in [7, 11) is 0. The van der Waals surface area contributed by atoms with Crippen molar-refractivity contribution in [2.45, 2.75) is 6.23 Å². The second-order valence-electron chi connectivity index (χ2n) is 4.60. The van der Waals surface area contributed by atoms with Crippen LogP contribution in [-0.2, 0) is 0 Å². The van der Waals surface area contributed by atoms with E-state index in [1.165, 1.54) is 12.5 Å². The van der Waals surface area contributed by atoms with Crippen LogP contribution in [0.15, 0.2) is 47.5 Å². The first-order valence-electron chi connectivity index (χ1n) is 6.70. The third-order valence-corrected chi connectivity index (χ3v) is 3.14. The van der Waals surface area contributed by atoms with E-state index in [0.717, 1.165) is 6.54 Å². The fourth-order valence-corrected chi connectivity index (χ4v) is 2.12. The minimum Gasteiger partial charge on any atom is -0.469 e. The lowest BCUT2D eigenvalue weighted by molar-refractivity contribution is 0.0388. The van der Waals surface area contributed by atoms with Gasteiger partial charge in [0.15, 0.2) is 12.0 Å². The van der Waals surface area contributed by atoms with Gasteiger partial charge in [-0.3, -0.25) is 9.88 Å². The average molecular weight is 288 g/mol. The van der Waals surface area contributed by atoms with Gasteiger partial charge >= 0.3 is 6.03 Å². The third-order valence-electron chi connectivity index (χ3n) is 3.14. The normalized spacial score (nSPS) is 18.3. The predicted molar refractivity (Wildman–Crippen MR) is 76.0 cm³/mol. The summed E-state index contributed by atoms with van der Waals surface area (Å²) in [5.41, 5.74) is 0.656. The molecule has 1 fully saturated rings. The summed E-state index contributed by atoms with van der Waals surface area (Å²) in [5, 5.41) is 6.02. The summed E-state index contributed by atoms with van der Waals surface area (Å²) in [6.07, 6.45) is 5.92. The lowest BCUT2D eigenvalue weighted by Gasteiger charge is -2.35. The monoisotopic (exact) mass is 288 g/mol. The maximum atomic E-state index is 12.4. The fraction of sp³-hybridized carbons (Fsp3) is 0.286. The number of amides is 2. The quantitative estimate of drug-likeness (QED) is 0.895. The van der Waals surface area contributed by atoms with Crippen molar-refractivity contribution >= 4 is 11.7 Å². The number of anilines is 1. The minimum atomic E-state index is -0.381. The highest BCUT2D eigenvalue weighted by molar-refractivity contribution is 5.89. The van der Waals surface area contributed by atoms with E-state index in [9.17, 15) is 4.79 Å². The molecule has 1 unspecified atom stereocenters. The van der Waals surface area contributed by atoms with Crippen LogP contribution in [-0.4, -0.2) is 41.8 Å². The number of carbonyl (C=O) groups is 1. The number of pyridine rings is 1. The summed E-state index contributed by atoms with van der Waals surface area (Å²) in [5.74, 6) is 0.600.